The highest BCUT2D eigenvalue weighted by atomic mass is 16.2. The second kappa shape index (κ2) is 4.02. The maximum Gasteiger partial charge on any atom is 0.252 e. The van der Waals surface area contributed by atoms with Crippen LogP contribution in [-0.2, 0) is 0 Å². The molecule has 2 saturated carbocycles. The Kier molecular flexibility index (Phi) is 2.50. The summed E-state index contributed by atoms with van der Waals surface area (Å²) in [5.41, 5.74) is 0.360. The molecule has 1 amide bonds. The average Bonchev–Trinajstić information content (AvgIpc) is 3.17. The van der Waals surface area contributed by atoms with Gasteiger partial charge in [-0.1, -0.05) is 0 Å². The van der Waals surface area contributed by atoms with Gasteiger partial charge >= 0.3 is 0 Å². The number of H-pyrrole nitrogens is 1. The summed E-state index contributed by atoms with van der Waals surface area (Å²) in [5.74, 6) is 1.31. The summed E-state index contributed by atoms with van der Waals surface area (Å²) in [6, 6.07) is 3.32. The SMILES string of the molecule is O=C(NC(C1CC1)C1CC1)c1ccc(=O)[nH]c1. The van der Waals surface area contributed by atoms with Crippen molar-refractivity contribution in [3.8, 4) is 0 Å². The van der Waals surface area contributed by atoms with Crippen molar-refractivity contribution in [3.05, 3.63) is 34.2 Å². The quantitative estimate of drug-likeness (QED) is 0.821. The smallest absolute Gasteiger partial charge is 0.252 e. The number of pyridine rings is 1. The number of hydrogen-bond acceptors (Lipinski definition) is 2. The Morgan fingerprint density at radius 1 is 1.24 bits per heavy atom. The van der Waals surface area contributed by atoms with E-state index in [2.05, 4.69) is 10.3 Å². The van der Waals surface area contributed by atoms with Gasteiger partial charge in [0.2, 0.25) is 5.56 Å². The zero-order valence-corrected chi connectivity index (χ0v) is 9.61. The molecule has 0 spiro atoms. The fraction of sp³-hybridized carbons (Fsp3) is 0.538. The summed E-state index contributed by atoms with van der Waals surface area (Å²) in [7, 11) is 0. The topological polar surface area (TPSA) is 62.0 Å². The molecule has 2 fully saturated rings. The third-order valence-electron chi connectivity index (χ3n) is 3.60. The second-order valence-corrected chi connectivity index (χ2v) is 5.12. The van der Waals surface area contributed by atoms with Gasteiger partial charge < -0.3 is 10.3 Å². The van der Waals surface area contributed by atoms with Gasteiger partial charge in [0.25, 0.3) is 5.91 Å². The van der Waals surface area contributed by atoms with E-state index in [1.807, 2.05) is 0 Å². The van der Waals surface area contributed by atoms with Gasteiger partial charge in [-0.15, -0.1) is 0 Å². The Morgan fingerprint density at radius 3 is 2.35 bits per heavy atom. The zero-order chi connectivity index (χ0) is 11.8. The van der Waals surface area contributed by atoms with Crippen LogP contribution in [0.5, 0.6) is 0 Å². The Labute approximate surface area is 99.4 Å². The van der Waals surface area contributed by atoms with E-state index in [4.69, 9.17) is 0 Å². The van der Waals surface area contributed by atoms with Crippen LogP contribution in [0.15, 0.2) is 23.1 Å². The largest absolute Gasteiger partial charge is 0.349 e. The van der Waals surface area contributed by atoms with Gasteiger partial charge in [-0.2, -0.15) is 0 Å². The first-order valence-corrected chi connectivity index (χ1v) is 6.23. The van der Waals surface area contributed by atoms with E-state index in [9.17, 15) is 9.59 Å². The van der Waals surface area contributed by atoms with Crippen molar-refractivity contribution in [1.29, 1.82) is 0 Å². The first kappa shape index (κ1) is 10.6. The van der Waals surface area contributed by atoms with Crippen molar-refractivity contribution in [3.63, 3.8) is 0 Å². The van der Waals surface area contributed by atoms with Crippen molar-refractivity contribution < 1.29 is 4.79 Å². The molecule has 0 unspecified atom stereocenters. The molecule has 0 atom stereocenters. The van der Waals surface area contributed by atoms with Gasteiger partial charge in [0.1, 0.15) is 0 Å². The zero-order valence-electron chi connectivity index (χ0n) is 9.61. The van der Waals surface area contributed by atoms with Gasteiger partial charge in [-0.25, -0.2) is 0 Å². The number of aromatic amines is 1. The first-order chi connectivity index (χ1) is 8.24. The third kappa shape index (κ3) is 2.40. The van der Waals surface area contributed by atoms with Crippen molar-refractivity contribution >= 4 is 5.91 Å². The molecule has 0 aromatic carbocycles. The van der Waals surface area contributed by atoms with E-state index in [1.165, 1.54) is 37.9 Å². The lowest BCUT2D eigenvalue weighted by atomic mass is 10.1. The average molecular weight is 232 g/mol. The minimum Gasteiger partial charge on any atom is -0.349 e. The fourth-order valence-electron chi connectivity index (χ4n) is 2.32. The van der Waals surface area contributed by atoms with Crippen LogP contribution in [-0.4, -0.2) is 16.9 Å². The summed E-state index contributed by atoms with van der Waals surface area (Å²) >= 11 is 0. The third-order valence-corrected chi connectivity index (χ3v) is 3.60. The van der Waals surface area contributed by atoms with E-state index in [0.29, 0.717) is 23.4 Å². The van der Waals surface area contributed by atoms with Crippen molar-refractivity contribution in [2.24, 2.45) is 11.8 Å². The highest BCUT2D eigenvalue weighted by molar-refractivity contribution is 5.94. The van der Waals surface area contributed by atoms with Crippen LogP contribution in [0.25, 0.3) is 0 Å². The molecule has 0 radical (unpaired) electrons. The van der Waals surface area contributed by atoms with Gasteiger partial charge in [-0.05, 0) is 43.6 Å². The Balaban J connectivity index is 1.69. The van der Waals surface area contributed by atoms with E-state index in [-0.39, 0.29) is 11.5 Å². The van der Waals surface area contributed by atoms with Gasteiger partial charge in [-0.3, -0.25) is 9.59 Å². The molecule has 2 aliphatic rings. The Hall–Kier alpha value is -1.58. The minimum absolute atomic E-state index is 0.0648. The van der Waals surface area contributed by atoms with Gasteiger partial charge in [0.15, 0.2) is 0 Å². The lowest BCUT2D eigenvalue weighted by Gasteiger charge is -2.17. The lowest BCUT2D eigenvalue weighted by molar-refractivity contribution is 0.0926. The number of rotatable bonds is 4. The number of amides is 1. The van der Waals surface area contributed by atoms with Crippen LogP contribution in [0.4, 0.5) is 0 Å². The normalized spacial score (nSPS) is 19.4. The molecule has 3 rings (SSSR count). The van der Waals surface area contributed by atoms with Crippen LogP contribution in [0, 0.1) is 11.8 Å². The van der Waals surface area contributed by atoms with Crippen LogP contribution in [0.2, 0.25) is 0 Å². The maximum absolute atomic E-state index is 12.0. The van der Waals surface area contributed by atoms with E-state index >= 15 is 0 Å². The number of aromatic nitrogens is 1. The van der Waals surface area contributed by atoms with Crippen LogP contribution >= 0.6 is 0 Å². The fourth-order valence-corrected chi connectivity index (χ4v) is 2.32. The predicted octanol–water partition coefficient (Wildman–Crippen LogP) is 1.29. The highest BCUT2D eigenvalue weighted by Gasteiger charge is 2.42. The molecule has 1 heterocycles. The van der Waals surface area contributed by atoms with Crippen LogP contribution in [0.3, 0.4) is 0 Å². The van der Waals surface area contributed by atoms with Crippen LogP contribution < -0.4 is 10.9 Å². The molecule has 0 bridgehead atoms. The van der Waals surface area contributed by atoms with E-state index < -0.39 is 0 Å². The molecule has 4 heteroatoms. The molecule has 1 aromatic rings. The van der Waals surface area contributed by atoms with Crippen molar-refractivity contribution in [2.45, 2.75) is 31.7 Å². The molecule has 0 aliphatic heterocycles. The van der Waals surface area contributed by atoms with Crippen molar-refractivity contribution in [2.75, 3.05) is 0 Å². The summed E-state index contributed by atoms with van der Waals surface area (Å²) in [6.45, 7) is 0. The maximum atomic E-state index is 12.0. The van der Waals surface area contributed by atoms with Gasteiger partial charge in [0.05, 0.1) is 5.56 Å². The lowest BCUT2D eigenvalue weighted by Crippen LogP contribution is -2.38. The number of hydrogen-bond donors (Lipinski definition) is 2. The molecule has 1 aromatic heterocycles. The molecule has 17 heavy (non-hydrogen) atoms. The molecular weight excluding hydrogens is 216 g/mol. The predicted molar refractivity (Wildman–Crippen MR) is 63.8 cm³/mol. The molecule has 2 aliphatic carbocycles. The molecular formula is C13H16N2O2. The van der Waals surface area contributed by atoms with Crippen molar-refractivity contribution in [1.82, 2.24) is 10.3 Å². The Morgan fingerprint density at radius 2 is 1.88 bits per heavy atom. The van der Waals surface area contributed by atoms with Gasteiger partial charge in [0, 0.05) is 18.3 Å². The summed E-state index contributed by atoms with van der Waals surface area (Å²) in [6.07, 6.45) is 6.45. The summed E-state index contributed by atoms with van der Waals surface area (Å²) < 4.78 is 0. The van der Waals surface area contributed by atoms with E-state index in [1.54, 1.807) is 6.07 Å². The highest BCUT2D eigenvalue weighted by Crippen LogP contribution is 2.44. The molecule has 90 valence electrons. The number of nitrogens with one attached hydrogen (secondary N) is 2. The number of carbonyl (C=O) groups excluding carboxylic acids is 1. The molecule has 4 nitrogen and oxygen atoms in total. The van der Waals surface area contributed by atoms with Crippen LogP contribution in [0.1, 0.15) is 36.0 Å². The standard InChI is InChI=1S/C13H16N2O2/c16-11-6-5-10(7-14-11)13(17)15-12(8-1-2-8)9-3-4-9/h5-9,12H,1-4H2,(H,14,16)(H,15,17). The summed E-state index contributed by atoms with van der Waals surface area (Å²) in [5, 5.41) is 3.12. The second-order valence-electron chi connectivity index (χ2n) is 5.12. The van der Waals surface area contributed by atoms with E-state index in [0.717, 1.165) is 0 Å². The summed E-state index contributed by atoms with van der Waals surface area (Å²) in [4.78, 5) is 25.4. The number of carbonyl (C=O) groups is 1. The Bertz CT molecular complexity index is 454. The first-order valence-electron chi connectivity index (χ1n) is 6.23. The minimum atomic E-state index is -0.178. The molecule has 2 N–H and O–H groups in total. The monoisotopic (exact) mass is 232 g/mol. The molecule has 0 saturated heterocycles.